The van der Waals surface area contributed by atoms with E-state index in [2.05, 4.69) is 0 Å². The molecule has 0 bridgehead atoms. The molecule has 0 aliphatic carbocycles. The number of methoxy groups -OCH3 is 1. The summed E-state index contributed by atoms with van der Waals surface area (Å²) in [5, 5.41) is 10.5. The van der Waals surface area contributed by atoms with E-state index >= 15 is 0 Å². The molecule has 0 heterocycles. The lowest BCUT2D eigenvalue weighted by Crippen LogP contribution is -1.95. The van der Waals surface area contributed by atoms with Gasteiger partial charge in [-0.2, -0.15) is 0 Å². The van der Waals surface area contributed by atoms with Crippen LogP contribution in [-0.2, 0) is 0 Å². The fourth-order valence-electron chi connectivity index (χ4n) is 0.923. The molecule has 0 fully saturated rings. The Hall–Kier alpha value is -0.710. The van der Waals surface area contributed by atoms with E-state index in [1.165, 1.54) is 13.2 Å². The minimum atomic E-state index is -0.696. The van der Waals surface area contributed by atoms with Gasteiger partial charge in [0.15, 0.2) is 0 Å². The van der Waals surface area contributed by atoms with Crippen molar-refractivity contribution in [1.29, 1.82) is 0 Å². The number of halogens is 3. The van der Waals surface area contributed by atoms with Crippen molar-refractivity contribution in [2.24, 2.45) is 0 Å². The molecule has 0 amide bonds. The van der Waals surface area contributed by atoms with Gasteiger partial charge in [0, 0.05) is 0 Å². The third-order valence-electron chi connectivity index (χ3n) is 1.49. The van der Waals surface area contributed by atoms with Crippen molar-refractivity contribution in [1.82, 2.24) is 0 Å². The summed E-state index contributed by atoms with van der Waals surface area (Å²) in [7, 11) is 1.26. The third-order valence-corrected chi connectivity index (χ3v) is 2.55. The molecule has 0 saturated carbocycles. The highest BCUT2D eigenvalue weighted by Gasteiger charge is 2.25. The zero-order valence-electron chi connectivity index (χ0n) is 6.88. The third kappa shape index (κ3) is 1.87. The lowest BCUT2D eigenvalue weighted by atomic mass is 10.3. The van der Waals surface area contributed by atoms with Gasteiger partial charge in [-0.25, -0.2) is 0 Å². The standard InChI is InChI=1S/C7H4Cl3NO3/c1-14-7-4(9)2-3(8)5(10)6(7)11(12)13/h2H,1H3. The molecule has 14 heavy (non-hydrogen) atoms. The van der Waals surface area contributed by atoms with Gasteiger partial charge >= 0.3 is 5.69 Å². The summed E-state index contributed by atoms with van der Waals surface area (Å²) in [5.41, 5.74) is -0.424. The molecule has 0 N–H and O–H groups in total. The first-order valence-corrected chi connectivity index (χ1v) is 4.48. The van der Waals surface area contributed by atoms with Crippen molar-refractivity contribution in [3.63, 3.8) is 0 Å². The fourth-order valence-corrected chi connectivity index (χ4v) is 1.66. The molecular weight excluding hydrogens is 252 g/mol. The van der Waals surface area contributed by atoms with Crippen LogP contribution in [0.25, 0.3) is 0 Å². The number of benzene rings is 1. The summed E-state index contributed by atoms with van der Waals surface area (Å²) in [4.78, 5) is 9.93. The van der Waals surface area contributed by atoms with Crippen molar-refractivity contribution in [2.75, 3.05) is 7.11 Å². The molecule has 0 spiro atoms. The second-order valence-electron chi connectivity index (χ2n) is 2.29. The Morgan fingerprint density at radius 2 is 1.93 bits per heavy atom. The first kappa shape index (κ1) is 11.4. The summed E-state index contributed by atoms with van der Waals surface area (Å²) in [6.07, 6.45) is 0. The van der Waals surface area contributed by atoms with Crippen LogP contribution in [0.1, 0.15) is 0 Å². The van der Waals surface area contributed by atoms with Crippen molar-refractivity contribution in [3.05, 3.63) is 31.2 Å². The van der Waals surface area contributed by atoms with Crippen LogP contribution in [0.5, 0.6) is 5.75 Å². The zero-order valence-corrected chi connectivity index (χ0v) is 9.15. The Labute approximate surface area is 94.5 Å². The van der Waals surface area contributed by atoms with E-state index in [1.54, 1.807) is 0 Å². The maximum atomic E-state index is 10.6. The van der Waals surface area contributed by atoms with Gasteiger partial charge in [0.25, 0.3) is 0 Å². The first-order chi connectivity index (χ1) is 6.49. The summed E-state index contributed by atoms with van der Waals surface area (Å²) in [6, 6.07) is 1.29. The Balaban J connectivity index is 3.56. The molecule has 0 saturated heterocycles. The topological polar surface area (TPSA) is 52.4 Å². The molecule has 1 aromatic rings. The highest BCUT2D eigenvalue weighted by molar-refractivity contribution is 6.45. The van der Waals surface area contributed by atoms with E-state index < -0.39 is 10.6 Å². The van der Waals surface area contributed by atoms with Crippen LogP contribution in [0.4, 0.5) is 5.69 Å². The van der Waals surface area contributed by atoms with Crippen LogP contribution in [-0.4, -0.2) is 12.0 Å². The predicted molar refractivity (Wildman–Crippen MR) is 54.7 cm³/mol. The lowest BCUT2D eigenvalue weighted by Gasteiger charge is -2.06. The average molecular weight is 256 g/mol. The Kier molecular flexibility index (Phi) is 3.42. The van der Waals surface area contributed by atoms with E-state index in [-0.39, 0.29) is 20.8 Å². The SMILES string of the molecule is COc1c(Cl)cc(Cl)c(Cl)c1[N+](=O)[O-]. The molecular formula is C7H4Cl3NO3. The Bertz CT molecular complexity index is 394. The van der Waals surface area contributed by atoms with Gasteiger partial charge in [0.1, 0.15) is 5.02 Å². The average Bonchev–Trinajstić information content (AvgIpc) is 2.10. The van der Waals surface area contributed by atoms with Gasteiger partial charge in [-0.15, -0.1) is 0 Å². The normalized spacial score (nSPS) is 10.0. The first-order valence-electron chi connectivity index (χ1n) is 3.35. The number of rotatable bonds is 2. The number of hydrogen-bond acceptors (Lipinski definition) is 3. The number of hydrogen-bond donors (Lipinski definition) is 0. The van der Waals surface area contributed by atoms with E-state index in [4.69, 9.17) is 39.5 Å². The van der Waals surface area contributed by atoms with E-state index in [9.17, 15) is 10.1 Å². The lowest BCUT2D eigenvalue weighted by molar-refractivity contribution is -0.385. The molecule has 0 unspecified atom stereocenters. The van der Waals surface area contributed by atoms with Crippen molar-refractivity contribution >= 4 is 40.5 Å². The van der Waals surface area contributed by atoms with Gasteiger partial charge in [0.05, 0.1) is 22.1 Å². The quantitative estimate of drug-likeness (QED) is 0.462. The Morgan fingerprint density at radius 3 is 2.36 bits per heavy atom. The van der Waals surface area contributed by atoms with Crippen LogP contribution >= 0.6 is 34.8 Å². The molecule has 0 atom stereocenters. The van der Waals surface area contributed by atoms with Gasteiger partial charge in [0.2, 0.25) is 5.75 Å². The van der Waals surface area contributed by atoms with Crippen LogP contribution in [0.2, 0.25) is 15.1 Å². The van der Waals surface area contributed by atoms with Crippen LogP contribution < -0.4 is 4.74 Å². The van der Waals surface area contributed by atoms with Gasteiger partial charge in [-0.3, -0.25) is 10.1 Å². The monoisotopic (exact) mass is 255 g/mol. The van der Waals surface area contributed by atoms with Crippen molar-refractivity contribution < 1.29 is 9.66 Å². The largest absolute Gasteiger partial charge is 0.489 e. The molecule has 76 valence electrons. The molecule has 7 heteroatoms. The molecule has 1 rings (SSSR count). The van der Waals surface area contributed by atoms with Gasteiger partial charge in [-0.1, -0.05) is 34.8 Å². The minimum absolute atomic E-state index is 0.0177. The van der Waals surface area contributed by atoms with E-state index in [1.807, 2.05) is 0 Å². The molecule has 0 aliphatic rings. The molecule has 0 aromatic heterocycles. The highest BCUT2D eigenvalue weighted by atomic mass is 35.5. The van der Waals surface area contributed by atoms with Gasteiger partial charge in [-0.05, 0) is 6.07 Å². The summed E-state index contributed by atoms with van der Waals surface area (Å²) in [6.45, 7) is 0. The Morgan fingerprint density at radius 1 is 1.36 bits per heavy atom. The smallest absolute Gasteiger partial charge is 0.332 e. The second kappa shape index (κ2) is 4.21. The molecule has 4 nitrogen and oxygen atoms in total. The van der Waals surface area contributed by atoms with E-state index in [0.717, 1.165) is 0 Å². The summed E-state index contributed by atoms with van der Waals surface area (Å²) in [5.74, 6) is -0.0916. The van der Waals surface area contributed by atoms with E-state index in [0.29, 0.717) is 0 Å². The fraction of sp³-hybridized carbons (Fsp3) is 0.143. The van der Waals surface area contributed by atoms with Crippen LogP contribution in [0, 0.1) is 10.1 Å². The summed E-state index contributed by atoms with van der Waals surface area (Å²) >= 11 is 16.9. The van der Waals surface area contributed by atoms with Crippen LogP contribution in [0.15, 0.2) is 6.07 Å². The molecule has 0 aliphatic heterocycles. The second-order valence-corrected chi connectivity index (χ2v) is 3.49. The zero-order chi connectivity index (χ0) is 10.9. The summed E-state index contributed by atoms with van der Waals surface area (Å²) < 4.78 is 4.76. The maximum Gasteiger partial charge on any atom is 0.332 e. The van der Waals surface area contributed by atoms with Crippen molar-refractivity contribution in [2.45, 2.75) is 0 Å². The predicted octanol–water partition coefficient (Wildman–Crippen LogP) is 3.56. The number of nitro benzene ring substituents is 1. The maximum absolute atomic E-state index is 10.6. The van der Waals surface area contributed by atoms with Crippen LogP contribution in [0.3, 0.4) is 0 Å². The number of nitrogens with zero attached hydrogens (tertiary/aromatic N) is 1. The molecule has 0 radical (unpaired) electrons. The molecule has 1 aromatic carbocycles. The number of ether oxygens (including phenoxy) is 1. The van der Waals surface area contributed by atoms with Gasteiger partial charge < -0.3 is 4.74 Å². The highest BCUT2D eigenvalue weighted by Crippen LogP contribution is 2.44. The minimum Gasteiger partial charge on any atom is -0.489 e. The number of nitro groups is 1. The van der Waals surface area contributed by atoms with Crippen molar-refractivity contribution in [3.8, 4) is 5.75 Å².